The highest BCUT2D eigenvalue weighted by Crippen LogP contribution is 2.16. The third-order valence-corrected chi connectivity index (χ3v) is 4.98. The second-order valence-electron chi connectivity index (χ2n) is 8.11. The van der Waals surface area contributed by atoms with E-state index >= 15 is 0 Å². The van der Waals surface area contributed by atoms with Gasteiger partial charge < -0.3 is 9.47 Å². The fourth-order valence-electron chi connectivity index (χ4n) is 2.34. The van der Waals surface area contributed by atoms with E-state index in [4.69, 9.17) is 9.47 Å². The highest BCUT2D eigenvalue weighted by atomic mass is 16.5. The lowest BCUT2D eigenvalue weighted by Gasteiger charge is -2.23. The molecule has 0 radical (unpaired) electrons. The van der Waals surface area contributed by atoms with Crippen LogP contribution in [-0.2, 0) is 9.47 Å². The van der Waals surface area contributed by atoms with E-state index in [2.05, 4.69) is 41.5 Å². The summed E-state index contributed by atoms with van der Waals surface area (Å²) in [6.07, 6.45) is 14.1. The van der Waals surface area contributed by atoms with Gasteiger partial charge in [0.05, 0.1) is 11.2 Å². The summed E-state index contributed by atoms with van der Waals surface area (Å²) in [4.78, 5) is 0. The highest BCUT2D eigenvalue weighted by molar-refractivity contribution is 4.65. The Kier molecular flexibility index (Phi) is 13.2. The van der Waals surface area contributed by atoms with Gasteiger partial charge in [-0.05, 0) is 53.4 Å². The van der Waals surface area contributed by atoms with Crippen molar-refractivity contribution in [1.82, 2.24) is 0 Å². The van der Waals surface area contributed by atoms with Crippen molar-refractivity contribution in [2.45, 2.75) is 123 Å². The predicted molar refractivity (Wildman–Crippen MR) is 102 cm³/mol. The summed E-state index contributed by atoms with van der Waals surface area (Å²) < 4.78 is 11.8. The first-order valence-corrected chi connectivity index (χ1v) is 10.1. The average Bonchev–Trinajstić information content (AvgIpc) is 2.51. The molecule has 0 N–H and O–H groups in total. The zero-order valence-electron chi connectivity index (χ0n) is 17.0. The van der Waals surface area contributed by atoms with E-state index in [1.165, 1.54) is 57.8 Å². The quantitative estimate of drug-likeness (QED) is 0.287. The van der Waals surface area contributed by atoms with Crippen LogP contribution in [0.1, 0.15) is 112 Å². The highest BCUT2D eigenvalue weighted by Gasteiger charge is 2.14. The van der Waals surface area contributed by atoms with E-state index in [0.717, 1.165) is 26.1 Å². The Morgan fingerprint density at radius 1 is 0.478 bits per heavy atom. The van der Waals surface area contributed by atoms with Gasteiger partial charge in [0.25, 0.3) is 0 Å². The fraction of sp³-hybridized carbons (Fsp3) is 1.00. The second kappa shape index (κ2) is 13.2. The van der Waals surface area contributed by atoms with Crippen LogP contribution in [0.15, 0.2) is 0 Å². The summed E-state index contributed by atoms with van der Waals surface area (Å²) >= 11 is 0. The molecule has 0 saturated heterocycles. The first-order chi connectivity index (χ1) is 10.8. The topological polar surface area (TPSA) is 18.5 Å². The van der Waals surface area contributed by atoms with Crippen LogP contribution in [0.25, 0.3) is 0 Å². The molecule has 0 fully saturated rings. The normalized spacial score (nSPS) is 12.8. The Bertz CT molecular complexity index is 233. The van der Waals surface area contributed by atoms with Gasteiger partial charge in [-0.25, -0.2) is 0 Å². The van der Waals surface area contributed by atoms with E-state index < -0.39 is 0 Å². The Hall–Kier alpha value is -0.0800. The molecule has 0 saturated carbocycles. The Labute approximate surface area is 146 Å². The van der Waals surface area contributed by atoms with Gasteiger partial charge in [0.1, 0.15) is 0 Å². The Morgan fingerprint density at radius 3 is 1.00 bits per heavy atom. The first kappa shape index (κ1) is 22.9. The number of hydrogen-bond donors (Lipinski definition) is 0. The third kappa shape index (κ3) is 15.2. The molecule has 140 valence electrons. The van der Waals surface area contributed by atoms with Gasteiger partial charge in [0.2, 0.25) is 0 Å². The molecule has 0 bridgehead atoms. The monoisotopic (exact) mass is 328 g/mol. The van der Waals surface area contributed by atoms with Gasteiger partial charge in [0.15, 0.2) is 0 Å². The van der Waals surface area contributed by atoms with E-state index in [-0.39, 0.29) is 11.2 Å². The van der Waals surface area contributed by atoms with Gasteiger partial charge in [-0.3, -0.25) is 0 Å². The van der Waals surface area contributed by atoms with Crippen molar-refractivity contribution < 1.29 is 9.47 Å². The van der Waals surface area contributed by atoms with Crippen LogP contribution in [0.5, 0.6) is 0 Å². The molecule has 0 spiro atoms. The molecule has 2 nitrogen and oxygen atoms in total. The first-order valence-electron chi connectivity index (χ1n) is 10.1. The molecular weight excluding hydrogens is 284 g/mol. The minimum absolute atomic E-state index is 0.0655. The summed E-state index contributed by atoms with van der Waals surface area (Å²) in [6.45, 7) is 15.0. The molecule has 0 aliphatic rings. The Morgan fingerprint density at radius 2 is 0.739 bits per heavy atom. The van der Waals surface area contributed by atoms with Gasteiger partial charge in [-0.2, -0.15) is 0 Å². The van der Waals surface area contributed by atoms with Gasteiger partial charge in [0, 0.05) is 13.2 Å². The van der Waals surface area contributed by atoms with Crippen molar-refractivity contribution in [3.63, 3.8) is 0 Å². The van der Waals surface area contributed by atoms with Crippen LogP contribution in [0, 0.1) is 0 Å². The minimum atomic E-state index is 0.0655. The van der Waals surface area contributed by atoms with Crippen molar-refractivity contribution in [1.29, 1.82) is 0 Å². The van der Waals surface area contributed by atoms with Crippen LogP contribution in [0.4, 0.5) is 0 Å². The number of unbranched alkanes of at least 4 members (excludes halogenated alkanes) is 8. The van der Waals surface area contributed by atoms with Crippen molar-refractivity contribution in [3.05, 3.63) is 0 Å². The summed E-state index contributed by atoms with van der Waals surface area (Å²) in [5, 5.41) is 0. The molecule has 23 heavy (non-hydrogen) atoms. The number of hydrogen-bond acceptors (Lipinski definition) is 2. The fourth-order valence-corrected chi connectivity index (χ4v) is 2.34. The zero-order valence-corrected chi connectivity index (χ0v) is 17.0. The Balaban J connectivity index is 3.20. The van der Waals surface area contributed by atoms with Crippen molar-refractivity contribution in [2.24, 2.45) is 0 Å². The molecule has 0 aromatic rings. The van der Waals surface area contributed by atoms with E-state index in [0.29, 0.717) is 0 Å². The standard InChI is InChI=1S/C21H44O2/c1-7-20(3,4)22-18-16-14-12-10-9-11-13-15-17-19-23-21(5,6)8-2/h7-19H2,1-6H3. The van der Waals surface area contributed by atoms with Gasteiger partial charge in [-0.15, -0.1) is 0 Å². The molecule has 0 atom stereocenters. The van der Waals surface area contributed by atoms with Crippen LogP contribution in [-0.4, -0.2) is 24.4 Å². The molecule has 0 amide bonds. The molecule has 0 rings (SSSR count). The largest absolute Gasteiger partial charge is 0.376 e. The zero-order chi connectivity index (χ0) is 17.6. The van der Waals surface area contributed by atoms with Crippen molar-refractivity contribution >= 4 is 0 Å². The molecule has 0 aromatic heterocycles. The van der Waals surface area contributed by atoms with E-state index in [9.17, 15) is 0 Å². The number of rotatable bonds is 16. The van der Waals surface area contributed by atoms with Crippen LogP contribution in [0.2, 0.25) is 0 Å². The molecule has 0 heterocycles. The maximum Gasteiger partial charge on any atom is 0.0623 e. The summed E-state index contributed by atoms with van der Waals surface area (Å²) in [5.41, 5.74) is 0.131. The molecule has 0 aliphatic heterocycles. The third-order valence-electron chi connectivity index (χ3n) is 4.98. The minimum Gasteiger partial charge on any atom is -0.376 e. The van der Waals surface area contributed by atoms with E-state index in [1.807, 2.05) is 0 Å². The number of ether oxygens (including phenoxy) is 2. The van der Waals surface area contributed by atoms with Gasteiger partial charge in [-0.1, -0.05) is 58.8 Å². The van der Waals surface area contributed by atoms with Crippen molar-refractivity contribution in [3.8, 4) is 0 Å². The maximum absolute atomic E-state index is 5.88. The van der Waals surface area contributed by atoms with Crippen LogP contribution in [0.3, 0.4) is 0 Å². The smallest absolute Gasteiger partial charge is 0.0623 e. The molecular formula is C21H44O2. The predicted octanol–water partition coefficient (Wildman–Crippen LogP) is 6.91. The molecule has 0 aliphatic carbocycles. The SMILES string of the molecule is CCC(C)(C)OCCCCCCCCCCCOC(C)(C)CC. The van der Waals surface area contributed by atoms with E-state index in [1.54, 1.807) is 0 Å². The maximum atomic E-state index is 5.88. The lowest BCUT2D eigenvalue weighted by atomic mass is 10.1. The summed E-state index contributed by atoms with van der Waals surface area (Å²) in [7, 11) is 0. The van der Waals surface area contributed by atoms with Crippen LogP contribution >= 0.6 is 0 Å². The lowest BCUT2D eigenvalue weighted by molar-refractivity contribution is -0.0218. The molecule has 0 unspecified atom stereocenters. The second-order valence-corrected chi connectivity index (χ2v) is 8.11. The summed E-state index contributed by atoms with van der Waals surface area (Å²) in [5.74, 6) is 0. The van der Waals surface area contributed by atoms with Crippen molar-refractivity contribution in [2.75, 3.05) is 13.2 Å². The molecule has 2 heteroatoms. The molecule has 0 aromatic carbocycles. The summed E-state index contributed by atoms with van der Waals surface area (Å²) in [6, 6.07) is 0. The average molecular weight is 329 g/mol. The lowest BCUT2D eigenvalue weighted by Crippen LogP contribution is -2.23. The van der Waals surface area contributed by atoms with Gasteiger partial charge >= 0.3 is 0 Å². The van der Waals surface area contributed by atoms with Crippen LogP contribution < -0.4 is 0 Å².